The van der Waals surface area contributed by atoms with Crippen LogP contribution in [0.3, 0.4) is 0 Å². The Kier molecular flexibility index (Phi) is 8.33. The highest BCUT2D eigenvalue weighted by molar-refractivity contribution is 6.12. The average molecular weight is 792 g/mol. The fourth-order valence-corrected chi connectivity index (χ4v) is 8.43. The third kappa shape index (κ3) is 5.93. The molecule has 10 rings (SSSR count). The van der Waals surface area contributed by atoms with Crippen LogP contribution in [0.2, 0.25) is 0 Å². The second-order valence-corrected chi connectivity index (χ2v) is 14.7. The van der Waals surface area contributed by atoms with E-state index in [2.05, 4.69) is 36.0 Å². The summed E-state index contributed by atoms with van der Waals surface area (Å²) in [5.41, 5.74) is 5.85. The van der Waals surface area contributed by atoms with Crippen molar-refractivity contribution >= 4 is 43.6 Å². The van der Waals surface area contributed by atoms with Crippen molar-refractivity contribution in [3.05, 3.63) is 156 Å². The molecule has 0 bridgehead atoms. The fraction of sp³-hybridized carbons (Fsp3) is 0.104. The summed E-state index contributed by atoms with van der Waals surface area (Å²) >= 11 is 0. The highest BCUT2D eigenvalue weighted by Gasteiger charge is 2.32. The Morgan fingerprint density at radius 1 is 0.483 bits per heavy atom. The molecule has 9 nitrogen and oxygen atoms in total. The van der Waals surface area contributed by atoms with Gasteiger partial charge in [-0.1, -0.05) is 48.5 Å². The van der Waals surface area contributed by atoms with Crippen LogP contribution in [0.4, 0.5) is 13.2 Å². The summed E-state index contributed by atoms with van der Waals surface area (Å²) < 4.78 is 48.4. The summed E-state index contributed by atoms with van der Waals surface area (Å²) in [5, 5.41) is 14.3. The first kappa shape index (κ1) is 36.6. The molecule has 0 radical (unpaired) electrons. The first-order valence-electron chi connectivity index (χ1n) is 19.2. The highest BCUT2D eigenvalue weighted by atomic mass is 19.4. The highest BCUT2D eigenvalue weighted by Crippen LogP contribution is 2.44. The second kappa shape index (κ2) is 13.7. The second-order valence-electron chi connectivity index (χ2n) is 14.7. The standard InChI is InChI=1S/C48H32F3N9/c1-26-53-27(2)56-46(55-26)30-16-19-42-37(22-30)34-11-5-7-14-40(34)59(42)43-21-18-33(48(49,50)51)24-39(43)36-13-9-10-32(25-52)45(36)60-41-15-8-6-12-35(41)38-23-31(17-20-44(38)60)47-57-28(3)54-29(4)58-47/h5-24H,1-4H3. The number of hydrogen-bond donors (Lipinski definition) is 0. The van der Waals surface area contributed by atoms with Gasteiger partial charge in [-0.3, -0.25) is 0 Å². The van der Waals surface area contributed by atoms with Gasteiger partial charge in [0, 0.05) is 43.8 Å². The van der Waals surface area contributed by atoms with Crippen molar-refractivity contribution in [2.45, 2.75) is 33.9 Å². The minimum absolute atomic E-state index is 0.293. The summed E-state index contributed by atoms with van der Waals surface area (Å²) in [7, 11) is 0. The molecule has 0 saturated heterocycles. The number of nitriles is 1. The Hall–Kier alpha value is -7.78. The van der Waals surface area contributed by atoms with Crippen LogP contribution in [-0.2, 0) is 6.18 Å². The third-order valence-corrected chi connectivity index (χ3v) is 10.8. The number of halogens is 3. The maximum Gasteiger partial charge on any atom is 0.416 e. The maximum absolute atomic E-state index is 14.8. The Balaban J connectivity index is 1.27. The third-order valence-electron chi connectivity index (χ3n) is 10.8. The van der Waals surface area contributed by atoms with Gasteiger partial charge < -0.3 is 9.13 Å². The van der Waals surface area contributed by atoms with Gasteiger partial charge in [-0.25, -0.2) is 29.9 Å². The molecule has 0 aliphatic carbocycles. The lowest BCUT2D eigenvalue weighted by Gasteiger charge is -2.21. The summed E-state index contributed by atoms with van der Waals surface area (Å²) in [6.07, 6.45) is -4.65. The van der Waals surface area contributed by atoms with E-state index in [0.717, 1.165) is 60.8 Å². The molecule has 6 aromatic carbocycles. The average Bonchev–Trinajstić information content (AvgIpc) is 3.74. The summed E-state index contributed by atoms with van der Waals surface area (Å²) in [6, 6.07) is 38.8. The van der Waals surface area contributed by atoms with E-state index >= 15 is 0 Å². The maximum atomic E-state index is 14.8. The lowest BCUT2D eigenvalue weighted by atomic mass is 9.96. The van der Waals surface area contributed by atoms with Gasteiger partial charge in [-0.05, 0) is 100 Å². The fourth-order valence-electron chi connectivity index (χ4n) is 8.43. The molecule has 12 heteroatoms. The SMILES string of the molecule is Cc1nc(C)nc(-c2ccc3c(c2)c2ccccc2n3-c2ccc(C(F)(F)F)cc2-c2cccc(C#N)c2-n2c3ccccc3c3cc(-c4nc(C)nc(C)n4)ccc32)n1. The topological polar surface area (TPSA) is 111 Å². The van der Waals surface area contributed by atoms with Gasteiger partial charge in [-0.15, -0.1) is 0 Å². The van der Waals surface area contributed by atoms with E-state index in [4.69, 9.17) is 0 Å². The van der Waals surface area contributed by atoms with Crippen LogP contribution >= 0.6 is 0 Å². The Morgan fingerprint density at radius 3 is 1.52 bits per heavy atom. The zero-order chi connectivity index (χ0) is 41.4. The molecule has 4 aromatic heterocycles. The Bertz CT molecular complexity index is 3410. The zero-order valence-corrected chi connectivity index (χ0v) is 32.7. The number of rotatable bonds is 5. The number of hydrogen-bond acceptors (Lipinski definition) is 7. The molecule has 0 N–H and O–H groups in total. The molecule has 0 amide bonds. The molecule has 0 unspecified atom stereocenters. The van der Waals surface area contributed by atoms with E-state index in [-0.39, 0.29) is 0 Å². The number of aryl methyl sites for hydroxylation is 4. The van der Waals surface area contributed by atoms with Gasteiger partial charge in [-0.2, -0.15) is 18.4 Å². The smallest absolute Gasteiger partial charge is 0.309 e. The van der Waals surface area contributed by atoms with Gasteiger partial charge >= 0.3 is 6.18 Å². The van der Waals surface area contributed by atoms with Crippen LogP contribution in [0.25, 0.3) is 88.9 Å². The van der Waals surface area contributed by atoms with E-state index in [1.165, 1.54) is 12.1 Å². The Morgan fingerprint density at radius 2 is 0.983 bits per heavy atom. The molecule has 0 spiro atoms. The molecule has 290 valence electrons. The predicted octanol–water partition coefficient (Wildman–Crippen LogP) is 11.4. The molecule has 60 heavy (non-hydrogen) atoms. The van der Waals surface area contributed by atoms with Gasteiger partial charge in [0.15, 0.2) is 11.6 Å². The molecule has 10 aromatic rings. The van der Waals surface area contributed by atoms with Gasteiger partial charge in [0.2, 0.25) is 0 Å². The zero-order valence-electron chi connectivity index (χ0n) is 32.7. The summed E-state index contributed by atoms with van der Waals surface area (Å²) in [6.45, 7) is 7.28. The molecule has 4 heterocycles. The van der Waals surface area contributed by atoms with Gasteiger partial charge in [0.1, 0.15) is 29.4 Å². The largest absolute Gasteiger partial charge is 0.416 e. The van der Waals surface area contributed by atoms with Gasteiger partial charge in [0.05, 0.1) is 44.6 Å². The minimum Gasteiger partial charge on any atom is -0.309 e. The van der Waals surface area contributed by atoms with Crippen LogP contribution in [0.1, 0.15) is 34.4 Å². The first-order valence-corrected chi connectivity index (χ1v) is 19.2. The van der Waals surface area contributed by atoms with E-state index < -0.39 is 11.7 Å². The quantitative estimate of drug-likeness (QED) is 0.171. The van der Waals surface area contributed by atoms with Gasteiger partial charge in [0.25, 0.3) is 0 Å². The van der Waals surface area contributed by atoms with Crippen LogP contribution in [0, 0.1) is 39.0 Å². The normalized spacial score (nSPS) is 11.9. The van der Waals surface area contributed by atoms with Crippen molar-refractivity contribution in [3.8, 4) is 51.3 Å². The number of aromatic nitrogens is 8. The van der Waals surface area contributed by atoms with E-state index in [9.17, 15) is 18.4 Å². The van der Waals surface area contributed by atoms with Crippen LogP contribution in [-0.4, -0.2) is 39.0 Å². The predicted molar refractivity (Wildman–Crippen MR) is 227 cm³/mol. The molecule has 0 aliphatic heterocycles. The summed E-state index contributed by atoms with van der Waals surface area (Å²) in [4.78, 5) is 27.0. The van der Waals surface area contributed by atoms with Crippen molar-refractivity contribution in [2.24, 2.45) is 0 Å². The van der Waals surface area contributed by atoms with Crippen molar-refractivity contribution in [3.63, 3.8) is 0 Å². The lowest BCUT2D eigenvalue weighted by Crippen LogP contribution is -2.08. The minimum atomic E-state index is -4.65. The van der Waals surface area contributed by atoms with E-state index in [1.807, 2.05) is 122 Å². The number of benzene rings is 6. The van der Waals surface area contributed by atoms with Crippen LogP contribution in [0.15, 0.2) is 121 Å². The molecule has 0 saturated carbocycles. The summed E-state index contributed by atoms with van der Waals surface area (Å²) in [5.74, 6) is 3.45. The van der Waals surface area contributed by atoms with E-state index in [1.54, 1.807) is 18.2 Å². The number of alkyl halides is 3. The number of para-hydroxylation sites is 3. The molecule has 0 atom stereocenters. The van der Waals surface area contributed by atoms with Crippen LogP contribution in [0.5, 0.6) is 0 Å². The van der Waals surface area contributed by atoms with Crippen molar-refractivity contribution in [1.82, 2.24) is 39.0 Å². The van der Waals surface area contributed by atoms with Crippen molar-refractivity contribution in [2.75, 3.05) is 0 Å². The molecule has 0 aliphatic rings. The monoisotopic (exact) mass is 791 g/mol. The first-order chi connectivity index (χ1) is 29.0. The lowest BCUT2D eigenvalue weighted by molar-refractivity contribution is -0.137. The molecular weight excluding hydrogens is 760 g/mol. The molecule has 0 fully saturated rings. The van der Waals surface area contributed by atoms with Crippen molar-refractivity contribution in [1.29, 1.82) is 5.26 Å². The van der Waals surface area contributed by atoms with Crippen LogP contribution < -0.4 is 0 Å². The molecular formula is C48H32F3N9. The van der Waals surface area contributed by atoms with E-state index in [0.29, 0.717) is 63.0 Å². The Labute approximate surface area is 341 Å². The number of nitrogens with zero attached hydrogens (tertiary/aromatic N) is 9. The number of fused-ring (bicyclic) bond motifs is 6. The van der Waals surface area contributed by atoms with Crippen molar-refractivity contribution < 1.29 is 13.2 Å².